The monoisotopic (exact) mass is 530 g/mol. The van der Waals surface area contributed by atoms with Crippen LogP contribution in [0.1, 0.15) is 18.7 Å². The molecule has 20 heteroatoms. The summed E-state index contributed by atoms with van der Waals surface area (Å²) < 4.78 is 51.6. The first-order valence-corrected chi connectivity index (χ1v) is 12.9. The van der Waals surface area contributed by atoms with Crippen molar-refractivity contribution in [3.05, 3.63) is 32.6 Å². The zero-order chi connectivity index (χ0) is 24.0. The van der Waals surface area contributed by atoms with Gasteiger partial charge in [-0.05, 0) is 13.8 Å². The highest BCUT2D eigenvalue weighted by molar-refractivity contribution is 7.66. The van der Waals surface area contributed by atoms with Crippen LogP contribution in [0.2, 0.25) is 0 Å². The van der Waals surface area contributed by atoms with E-state index in [0.29, 0.717) is 0 Å². The Balaban J connectivity index is 2.17. The number of hydrogen-bond acceptors (Lipinski definition) is 10. The van der Waals surface area contributed by atoms with Crippen molar-refractivity contribution in [3.63, 3.8) is 0 Å². The number of aliphatic hydroxyl groups is 1. The molecule has 1 saturated heterocycles. The molecule has 16 nitrogen and oxygen atoms in total. The topological polar surface area (TPSA) is 244 Å². The minimum absolute atomic E-state index is 0.113. The number of aromatic amines is 1. The molecule has 1 aliphatic heterocycles. The highest BCUT2D eigenvalue weighted by atomic mass is 35.5. The summed E-state index contributed by atoms with van der Waals surface area (Å²) in [4.78, 5) is 59.5. The molecule has 178 valence electrons. The quantitative estimate of drug-likeness (QED) is 0.182. The summed E-state index contributed by atoms with van der Waals surface area (Å²) in [7, 11) is -16.8. The molecule has 0 aliphatic carbocycles. The molecular weight excluding hydrogens is 512 g/mol. The second-order valence-electron chi connectivity index (χ2n) is 6.49. The summed E-state index contributed by atoms with van der Waals surface area (Å²) in [6.45, 7) is 1.67. The van der Waals surface area contributed by atoms with Gasteiger partial charge in [-0.25, -0.2) is 18.5 Å². The minimum atomic E-state index is -5.72. The third-order valence-electron chi connectivity index (χ3n) is 3.93. The van der Waals surface area contributed by atoms with Crippen molar-refractivity contribution in [1.82, 2.24) is 9.55 Å². The lowest BCUT2D eigenvalue weighted by molar-refractivity contribution is -0.0461. The molecule has 6 atom stereocenters. The third-order valence-corrected chi connectivity index (χ3v) is 8.15. The molecule has 0 saturated carbocycles. The van der Waals surface area contributed by atoms with Gasteiger partial charge in [0.2, 0.25) is 0 Å². The highest BCUT2D eigenvalue weighted by Crippen LogP contribution is 2.66. The number of aliphatic hydroxyl groups excluding tert-OH is 1. The van der Waals surface area contributed by atoms with Crippen molar-refractivity contribution in [2.75, 3.05) is 6.61 Å². The molecule has 0 spiro atoms. The zero-order valence-corrected chi connectivity index (χ0v) is 19.0. The predicted molar refractivity (Wildman–Crippen MR) is 100 cm³/mol. The van der Waals surface area contributed by atoms with E-state index in [4.69, 9.17) is 31.0 Å². The molecule has 31 heavy (non-hydrogen) atoms. The molecule has 2 rings (SSSR count). The van der Waals surface area contributed by atoms with Crippen LogP contribution in [-0.4, -0.2) is 57.9 Å². The molecule has 2 heterocycles. The van der Waals surface area contributed by atoms with E-state index in [0.717, 1.165) is 10.8 Å². The summed E-state index contributed by atoms with van der Waals surface area (Å²) in [6, 6.07) is 0. The van der Waals surface area contributed by atoms with Crippen molar-refractivity contribution in [2.24, 2.45) is 0 Å². The van der Waals surface area contributed by atoms with Crippen molar-refractivity contribution < 1.29 is 56.3 Å². The van der Waals surface area contributed by atoms with E-state index >= 15 is 0 Å². The maximum Gasteiger partial charge on any atom is 0.490 e. The fraction of sp³-hybridized carbons (Fsp3) is 0.636. The summed E-state index contributed by atoms with van der Waals surface area (Å²) in [6.07, 6.45) is -3.40. The molecule has 0 bridgehead atoms. The Labute approximate surface area is 177 Å². The Bertz CT molecular complexity index is 1090. The van der Waals surface area contributed by atoms with Gasteiger partial charge in [0.15, 0.2) is 6.23 Å². The first kappa shape index (κ1) is 26.6. The number of halogens is 1. The number of phosphoric acid groups is 3. The van der Waals surface area contributed by atoms with E-state index in [1.807, 2.05) is 4.98 Å². The minimum Gasteiger partial charge on any atom is -0.388 e. The van der Waals surface area contributed by atoms with E-state index in [-0.39, 0.29) is 5.56 Å². The van der Waals surface area contributed by atoms with Crippen LogP contribution >= 0.6 is 35.1 Å². The number of nitrogens with zero attached hydrogens (tertiary/aromatic N) is 1. The van der Waals surface area contributed by atoms with Crippen molar-refractivity contribution in [1.29, 1.82) is 0 Å². The second-order valence-corrected chi connectivity index (χ2v) is 11.7. The molecule has 1 fully saturated rings. The van der Waals surface area contributed by atoms with Crippen LogP contribution in [0.4, 0.5) is 0 Å². The van der Waals surface area contributed by atoms with Crippen LogP contribution in [0.15, 0.2) is 15.8 Å². The Hall–Kier alpha value is -0.700. The molecule has 2 unspecified atom stereocenters. The van der Waals surface area contributed by atoms with Crippen molar-refractivity contribution in [3.8, 4) is 0 Å². The first-order chi connectivity index (χ1) is 13.8. The molecule has 1 aliphatic rings. The molecule has 0 radical (unpaired) electrons. The van der Waals surface area contributed by atoms with E-state index in [2.05, 4.69) is 13.1 Å². The smallest absolute Gasteiger partial charge is 0.388 e. The van der Waals surface area contributed by atoms with E-state index in [9.17, 15) is 33.3 Å². The number of hydrogen-bond donors (Lipinski definition) is 6. The van der Waals surface area contributed by atoms with Crippen LogP contribution in [0.3, 0.4) is 0 Å². The van der Waals surface area contributed by atoms with Gasteiger partial charge in [-0.1, -0.05) is 0 Å². The van der Waals surface area contributed by atoms with Crippen LogP contribution < -0.4 is 11.2 Å². The van der Waals surface area contributed by atoms with Gasteiger partial charge in [-0.2, -0.15) is 8.62 Å². The van der Waals surface area contributed by atoms with Gasteiger partial charge in [0.05, 0.1) is 6.61 Å². The third kappa shape index (κ3) is 6.65. The van der Waals surface area contributed by atoms with Gasteiger partial charge in [-0.15, -0.1) is 11.6 Å². The molecule has 0 amide bonds. The lowest BCUT2D eigenvalue weighted by atomic mass is 10.0. The van der Waals surface area contributed by atoms with Crippen LogP contribution in [-0.2, 0) is 31.6 Å². The largest absolute Gasteiger partial charge is 0.490 e. The van der Waals surface area contributed by atoms with Crippen molar-refractivity contribution >= 4 is 35.1 Å². The first-order valence-electron chi connectivity index (χ1n) is 7.97. The number of aryl methyl sites for hydroxylation is 1. The number of rotatable bonds is 8. The number of ether oxygens (including phenoxy) is 1. The lowest BCUT2D eigenvalue weighted by Crippen LogP contribution is -2.43. The van der Waals surface area contributed by atoms with Crippen LogP contribution in [0.25, 0.3) is 0 Å². The highest BCUT2D eigenvalue weighted by Gasteiger charge is 2.54. The fourth-order valence-corrected chi connectivity index (χ4v) is 5.91. The number of aromatic nitrogens is 2. The van der Waals surface area contributed by atoms with E-state index in [1.54, 1.807) is 0 Å². The van der Waals surface area contributed by atoms with Gasteiger partial charge < -0.3 is 29.4 Å². The predicted octanol–water partition coefficient (Wildman–Crippen LogP) is -0.556. The summed E-state index contributed by atoms with van der Waals surface area (Å²) in [5.74, 6) is 0. The Morgan fingerprint density at radius 1 is 1.19 bits per heavy atom. The summed E-state index contributed by atoms with van der Waals surface area (Å²) >= 11 is 6.27. The maximum absolute atomic E-state index is 12.1. The Morgan fingerprint density at radius 3 is 2.32 bits per heavy atom. The average molecular weight is 531 g/mol. The van der Waals surface area contributed by atoms with Crippen LogP contribution in [0, 0.1) is 6.92 Å². The SMILES string of the molecule is Cc1cn([C@@H]2O[C@H](COP(=O)(O)OP(=O)(O)OP(=O)(O)O)[C@@H](O)[C@@]2(C)Cl)c(=O)[nH]c1=O. The second kappa shape index (κ2) is 8.92. The Kier molecular flexibility index (Phi) is 7.64. The number of alkyl halides is 1. The molecule has 1 aromatic heterocycles. The normalized spacial score (nSPS) is 30.6. The molecule has 1 aromatic rings. The number of nitrogens with one attached hydrogen (secondary N) is 1. The van der Waals surface area contributed by atoms with Crippen LogP contribution in [0.5, 0.6) is 0 Å². The van der Waals surface area contributed by atoms with Gasteiger partial charge >= 0.3 is 29.2 Å². The average Bonchev–Trinajstić information content (AvgIpc) is 2.76. The standard InChI is InChI=1S/C11H18ClN2O14P3/c1-5-3-14(10(17)13-8(5)16)9-11(2,12)7(15)6(26-9)4-25-30(21,22)28-31(23,24)27-29(18,19)20/h3,6-7,9,15H,4H2,1-2H3,(H,21,22)(H,23,24)(H,13,16,17)(H2,18,19,20)/t6-,7-,9-,11-/m1/s1. The fourth-order valence-electron chi connectivity index (χ4n) is 2.58. The van der Waals surface area contributed by atoms with Gasteiger partial charge in [-0.3, -0.25) is 18.9 Å². The number of H-pyrrole nitrogens is 1. The van der Waals surface area contributed by atoms with Gasteiger partial charge in [0.25, 0.3) is 5.56 Å². The summed E-state index contributed by atoms with van der Waals surface area (Å²) in [5, 5.41) is 10.4. The zero-order valence-electron chi connectivity index (χ0n) is 15.6. The van der Waals surface area contributed by atoms with E-state index in [1.165, 1.54) is 13.8 Å². The molecule has 0 aromatic carbocycles. The number of phosphoric ester groups is 1. The van der Waals surface area contributed by atoms with Gasteiger partial charge in [0.1, 0.15) is 17.1 Å². The van der Waals surface area contributed by atoms with Gasteiger partial charge in [0, 0.05) is 11.8 Å². The maximum atomic E-state index is 12.1. The summed E-state index contributed by atoms with van der Waals surface area (Å²) in [5.41, 5.74) is -1.48. The lowest BCUT2D eigenvalue weighted by Gasteiger charge is -2.26. The Morgan fingerprint density at radius 2 is 1.77 bits per heavy atom. The molecular formula is C11H18ClN2O14P3. The molecule has 6 N–H and O–H groups in total. The van der Waals surface area contributed by atoms with E-state index < -0.39 is 64.6 Å². The van der Waals surface area contributed by atoms with Crippen molar-refractivity contribution in [2.45, 2.75) is 37.2 Å².